The molecule has 0 atom stereocenters. The standard InChI is InChI=1S/C51H24B6N4O2/c52-34-23-36(54)46-42(44(34)56)43-45(57)35(53)24-37(55)47(43)61(46)28-21-32(25-10-3-1-4-11-25)48-33(22-28)29-19-18-27(20-40(29)63-48)50-58-49(26-12-5-2-6-13-26)59-51(60-50)31-15-9-17-39-41(31)30-14-7-8-16-38(30)62-39/h1-24H. The molecule has 4 heterocycles. The minimum atomic E-state index is 0.324. The molecule has 8 aromatic carbocycles. The lowest BCUT2D eigenvalue weighted by Crippen LogP contribution is -2.33. The van der Waals surface area contributed by atoms with Crippen LogP contribution in [0.15, 0.2) is 154 Å². The van der Waals surface area contributed by atoms with Crippen LogP contribution in [-0.4, -0.2) is 66.6 Å². The highest BCUT2D eigenvalue weighted by atomic mass is 16.3. The van der Waals surface area contributed by atoms with Crippen molar-refractivity contribution < 1.29 is 8.83 Å². The molecule has 12 rings (SSSR count). The van der Waals surface area contributed by atoms with Gasteiger partial charge in [0.2, 0.25) is 0 Å². The second-order valence-corrected chi connectivity index (χ2v) is 15.7. The van der Waals surface area contributed by atoms with E-state index >= 15 is 0 Å². The van der Waals surface area contributed by atoms with Crippen LogP contribution in [0.1, 0.15) is 0 Å². The molecule has 0 aliphatic rings. The molecule has 0 spiro atoms. The number of rotatable bonds is 5. The molecule has 63 heavy (non-hydrogen) atoms. The summed E-state index contributed by atoms with van der Waals surface area (Å²) in [5, 5.41) is 4.79. The predicted molar refractivity (Wildman–Crippen MR) is 263 cm³/mol. The Labute approximate surface area is 368 Å². The number of benzene rings is 8. The maximum Gasteiger partial charge on any atom is 0.164 e. The summed E-state index contributed by atoms with van der Waals surface area (Å²) in [7, 11) is 39.8. The van der Waals surface area contributed by atoms with Crippen LogP contribution in [0, 0.1) is 0 Å². The molecule has 0 aliphatic carbocycles. The lowest BCUT2D eigenvalue weighted by Gasteiger charge is -2.15. The molecule has 0 amide bonds. The lowest BCUT2D eigenvalue weighted by molar-refractivity contribution is 0.669. The van der Waals surface area contributed by atoms with Gasteiger partial charge in [-0.2, -0.15) is 0 Å². The second-order valence-electron chi connectivity index (χ2n) is 15.7. The molecule has 6 nitrogen and oxygen atoms in total. The quantitative estimate of drug-likeness (QED) is 0.195. The number of furan rings is 2. The van der Waals surface area contributed by atoms with Gasteiger partial charge in [0, 0.05) is 60.5 Å². The van der Waals surface area contributed by atoms with E-state index in [1.54, 1.807) is 12.1 Å². The van der Waals surface area contributed by atoms with Gasteiger partial charge in [-0.05, 0) is 52.7 Å². The van der Waals surface area contributed by atoms with Crippen LogP contribution in [0.3, 0.4) is 0 Å². The fourth-order valence-corrected chi connectivity index (χ4v) is 9.08. The van der Waals surface area contributed by atoms with Crippen molar-refractivity contribution >= 4 is 146 Å². The van der Waals surface area contributed by atoms with Crippen molar-refractivity contribution in [2.24, 2.45) is 0 Å². The minimum absolute atomic E-state index is 0.324. The number of aromatic nitrogens is 4. The molecule has 0 unspecified atom stereocenters. The van der Waals surface area contributed by atoms with E-state index in [2.05, 4.69) is 18.2 Å². The zero-order valence-electron chi connectivity index (χ0n) is 33.4. The maximum atomic E-state index is 6.87. The van der Waals surface area contributed by atoms with E-state index in [0.717, 1.165) is 66.2 Å². The van der Waals surface area contributed by atoms with Crippen molar-refractivity contribution in [3.05, 3.63) is 146 Å². The molecular weight excluding hydrogens is 765 g/mol. The summed E-state index contributed by atoms with van der Waals surface area (Å²) in [5.41, 5.74) is 11.2. The Kier molecular flexibility index (Phi) is 8.32. The number of fused-ring (bicyclic) bond motifs is 9. The lowest BCUT2D eigenvalue weighted by atomic mass is 9.71. The van der Waals surface area contributed by atoms with Crippen LogP contribution < -0.4 is 32.8 Å². The van der Waals surface area contributed by atoms with Gasteiger partial charge in [-0.15, -0.1) is 10.9 Å². The normalized spacial score (nSPS) is 11.9. The SMILES string of the molecule is [B]c1cc([B])c2c(c1[B])c1c([B])c([B])cc([B])c1n2-c1cc(-c2ccccc2)c2oc3cc(-c4nc(-c5ccccc5)nc(-c5cccc6oc7ccccc7c56)n4)ccc3c2c1. The van der Waals surface area contributed by atoms with Crippen molar-refractivity contribution in [3.63, 3.8) is 0 Å². The summed E-state index contributed by atoms with van der Waals surface area (Å²) in [6.07, 6.45) is 0. The smallest absolute Gasteiger partial charge is 0.164 e. The molecule has 0 saturated carbocycles. The highest BCUT2D eigenvalue weighted by Gasteiger charge is 2.24. The van der Waals surface area contributed by atoms with Gasteiger partial charge in [-0.25, -0.2) is 15.0 Å². The molecule has 12 heteroatoms. The van der Waals surface area contributed by atoms with Gasteiger partial charge in [0.25, 0.3) is 0 Å². The molecular formula is C51H24B6N4O2. The average Bonchev–Trinajstić information content (AvgIpc) is 4.01. The van der Waals surface area contributed by atoms with Crippen LogP contribution >= 0.6 is 0 Å². The third-order valence-electron chi connectivity index (χ3n) is 12.0. The van der Waals surface area contributed by atoms with E-state index in [9.17, 15) is 0 Å². The summed E-state index contributed by atoms with van der Waals surface area (Å²) < 4.78 is 15.1. The summed E-state index contributed by atoms with van der Waals surface area (Å²) >= 11 is 0. The Balaban J connectivity index is 1.11. The van der Waals surface area contributed by atoms with Crippen LogP contribution in [0.2, 0.25) is 0 Å². The Morgan fingerprint density at radius 2 is 0.984 bits per heavy atom. The minimum Gasteiger partial charge on any atom is -0.456 e. The third-order valence-corrected chi connectivity index (χ3v) is 12.0. The molecule has 278 valence electrons. The number of hydrogen-bond donors (Lipinski definition) is 0. The first kappa shape index (κ1) is 37.3. The molecule has 0 saturated heterocycles. The van der Waals surface area contributed by atoms with Gasteiger partial charge >= 0.3 is 0 Å². The van der Waals surface area contributed by atoms with Gasteiger partial charge in [0.1, 0.15) is 69.4 Å². The monoisotopic (exact) mass is 790 g/mol. The Morgan fingerprint density at radius 1 is 0.381 bits per heavy atom. The molecule has 12 aromatic rings. The first-order valence-electron chi connectivity index (χ1n) is 20.3. The zero-order valence-corrected chi connectivity index (χ0v) is 33.4. The van der Waals surface area contributed by atoms with Crippen molar-refractivity contribution in [1.82, 2.24) is 19.5 Å². The fraction of sp³-hybridized carbons (Fsp3) is 0. The Bertz CT molecular complexity index is 3810. The molecule has 0 aliphatic heterocycles. The molecule has 0 fully saturated rings. The molecule has 12 radical (unpaired) electrons. The highest BCUT2D eigenvalue weighted by molar-refractivity contribution is 6.62. The first-order chi connectivity index (χ1) is 30.7. The summed E-state index contributed by atoms with van der Waals surface area (Å²) in [5.74, 6) is 1.54. The van der Waals surface area contributed by atoms with Gasteiger partial charge in [0.15, 0.2) is 17.5 Å². The van der Waals surface area contributed by atoms with E-state index in [-0.39, 0.29) is 0 Å². The largest absolute Gasteiger partial charge is 0.456 e. The maximum absolute atomic E-state index is 6.87. The molecule has 0 bridgehead atoms. The number of hydrogen-bond acceptors (Lipinski definition) is 5. The molecule has 0 N–H and O–H groups in total. The fourth-order valence-electron chi connectivity index (χ4n) is 9.08. The van der Waals surface area contributed by atoms with E-state index in [0.29, 0.717) is 83.2 Å². The third kappa shape index (κ3) is 5.70. The average molecular weight is 790 g/mol. The highest BCUT2D eigenvalue weighted by Crippen LogP contribution is 2.41. The van der Waals surface area contributed by atoms with Gasteiger partial charge in [-0.1, -0.05) is 131 Å². The van der Waals surface area contributed by atoms with E-state index in [1.165, 1.54) is 0 Å². The van der Waals surface area contributed by atoms with E-state index in [1.807, 2.05) is 120 Å². The Morgan fingerprint density at radius 3 is 1.68 bits per heavy atom. The van der Waals surface area contributed by atoms with E-state index < -0.39 is 0 Å². The summed E-state index contributed by atoms with van der Waals surface area (Å²) in [6.45, 7) is 0. The van der Waals surface area contributed by atoms with E-state index in [4.69, 9.17) is 70.9 Å². The number of nitrogens with zero attached hydrogens (tertiary/aromatic N) is 4. The van der Waals surface area contributed by atoms with Crippen LogP contribution in [0.25, 0.3) is 117 Å². The van der Waals surface area contributed by atoms with Crippen LogP contribution in [-0.2, 0) is 0 Å². The zero-order chi connectivity index (χ0) is 42.7. The van der Waals surface area contributed by atoms with Crippen molar-refractivity contribution in [3.8, 4) is 51.0 Å². The van der Waals surface area contributed by atoms with Gasteiger partial charge in [0.05, 0.1) is 0 Å². The molecule has 4 aromatic heterocycles. The first-order valence-corrected chi connectivity index (χ1v) is 20.3. The van der Waals surface area contributed by atoms with Gasteiger partial charge < -0.3 is 13.4 Å². The van der Waals surface area contributed by atoms with Crippen molar-refractivity contribution in [2.45, 2.75) is 0 Å². The predicted octanol–water partition coefficient (Wildman–Crippen LogP) is 6.20. The second kappa shape index (κ2) is 14.0. The summed E-state index contributed by atoms with van der Waals surface area (Å²) in [6, 6.07) is 47.3. The van der Waals surface area contributed by atoms with Crippen LogP contribution in [0.5, 0.6) is 0 Å². The van der Waals surface area contributed by atoms with Gasteiger partial charge in [-0.3, -0.25) is 0 Å². The van der Waals surface area contributed by atoms with Crippen LogP contribution in [0.4, 0.5) is 0 Å². The van der Waals surface area contributed by atoms with Crippen molar-refractivity contribution in [2.75, 3.05) is 0 Å². The van der Waals surface area contributed by atoms with Crippen molar-refractivity contribution in [1.29, 1.82) is 0 Å². The summed E-state index contributed by atoms with van der Waals surface area (Å²) in [4.78, 5) is 15.2. The number of para-hydroxylation sites is 1. The Hall–Kier alpha value is -7.44. The topological polar surface area (TPSA) is 69.9 Å².